The Morgan fingerprint density at radius 2 is 2.19 bits per heavy atom. The van der Waals surface area contributed by atoms with E-state index in [4.69, 9.17) is 10.3 Å². The third kappa shape index (κ3) is 5.13. The summed E-state index contributed by atoms with van der Waals surface area (Å²) < 4.78 is 6.56. The summed E-state index contributed by atoms with van der Waals surface area (Å²) in [6.07, 6.45) is 4.13. The fraction of sp³-hybridized carbons (Fsp3) is 0.400. The molecular formula is C15H21N3O7P2. The third-order valence-corrected chi connectivity index (χ3v) is 7.07. The average molecular weight is 417 g/mol. The zero-order chi connectivity index (χ0) is 20.2. The average Bonchev–Trinajstić information content (AvgIpc) is 3.27. The van der Waals surface area contributed by atoms with Crippen molar-refractivity contribution in [1.82, 2.24) is 9.55 Å². The van der Waals surface area contributed by atoms with E-state index in [0.717, 1.165) is 0 Å². The van der Waals surface area contributed by atoms with Gasteiger partial charge in [-0.3, -0.25) is 9.59 Å². The number of aliphatic hydroxyl groups is 3. The van der Waals surface area contributed by atoms with E-state index in [-0.39, 0.29) is 24.0 Å². The standard InChI is InChI=1S/C15H21N3O7P2/c1-9(19)14(22)25-26-15(23,7-18-5-4-17-8-18)27(24)12-3-2-10(13(12)21)11(20)6-16/h2-5,8-9,14,19,22-24,26H,6-7,16H2,1H3/t9-,14?,15?,27+/m0/s1. The summed E-state index contributed by atoms with van der Waals surface area (Å²) >= 11 is 0. The van der Waals surface area contributed by atoms with E-state index >= 15 is 0 Å². The molecule has 0 saturated heterocycles. The predicted molar refractivity (Wildman–Crippen MR) is 98.6 cm³/mol. The number of nitrogens with two attached hydrogens (primary N) is 1. The zero-order valence-electron chi connectivity index (χ0n) is 14.4. The molecule has 0 amide bonds. The first kappa shape index (κ1) is 21.9. The molecule has 1 heterocycles. The van der Waals surface area contributed by atoms with Crippen LogP contribution in [0.2, 0.25) is 0 Å². The van der Waals surface area contributed by atoms with E-state index in [9.17, 15) is 29.8 Å². The molecule has 0 saturated carbocycles. The first-order valence-corrected chi connectivity index (χ1v) is 10.1. The number of Topliss-reactive ketones (excluding diaryl/α,β-unsaturated/α-hetero) is 2. The maximum Gasteiger partial charge on any atom is 0.199 e. The topological polar surface area (TPSA) is 168 Å². The lowest BCUT2D eigenvalue weighted by Gasteiger charge is -2.33. The van der Waals surface area contributed by atoms with Crippen LogP contribution in [0.25, 0.3) is 0 Å². The van der Waals surface area contributed by atoms with Crippen LogP contribution >= 0.6 is 17.0 Å². The largest absolute Gasteiger partial charge is 0.388 e. The van der Waals surface area contributed by atoms with E-state index in [1.165, 1.54) is 42.4 Å². The van der Waals surface area contributed by atoms with E-state index < -0.39 is 46.0 Å². The molecule has 2 rings (SSSR count). The Hall–Kier alpha value is -1.35. The molecule has 6 N–H and O–H groups in total. The number of carbonyl (C=O) groups excluding carboxylic acids is 2. The van der Waals surface area contributed by atoms with E-state index in [0.29, 0.717) is 0 Å². The van der Waals surface area contributed by atoms with Crippen molar-refractivity contribution in [3.05, 3.63) is 41.8 Å². The molecule has 1 aliphatic carbocycles. The molecule has 0 aliphatic heterocycles. The number of imidazole rings is 1. The van der Waals surface area contributed by atoms with Crippen LogP contribution in [0.15, 0.2) is 41.8 Å². The van der Waals surface area contributed by atoms with Crippen LogP contribution in [0.1, 0.15) is 6.92 Å². The smallest absolute Gasteiger partial charge is 0.199 e. The number of carbonyl (C=O) groups is 2. The molecular weight excluding hydrogens is 396 g/mol. The SMILES string of the molecule is C[C@H](O)C(O)OPC(O)(Cn1ccnc1)[P@](O)C1=CC=C(C(=O)CN)C1=O. The Bertz CT molecular complexity index is 751. The summed E-state index contributed by atoms with van der Waals surface area (Å²) in [5.74, 6) is -1.28. The van der Waals surface area contributed by atoms with Gasteiger partial charge in [0, 0.05) is 12.4 Å². The van der Waals surface area contributed by atoms with Crippen LogP contribution in [0.3, 0.4) is 0 Å². The molecule has 10 nitrogen and oxygen atoms in total. The van der Waals surface area contributed by atoms with E-state index in [1.54, 1.807) is 0 Å². The lowest BCUT2D eigenvalue weighted by atomic mass is 10.1. The van der Waals surface area contributed by atoms with Gasteiger partial charge < -0.3 is 35.0 Å². The highest BCUT2D eigenvalue weighted by Gasteiger charge is 2.44. The van der Waals surface area contributed by atoms with Gasteiger partial charge in [-0.1, -0.05) is 0 Å². The van der Waals surface area contributed by atoms with Crippen molar-refractivity contribution in [3.63, 3.8) is 0 Å². The van der Waals surface area contributed by atoms with Crippen LogP contribution in [-0.2, 0) is 20.7 Å². The molecule has 27 heavy (non-hydrogen) atoms. The molecule has 0 aromatic carbocycles. The number of ketones is 2. The molecule has 12 heteroatoms. The van der Waals surface area contributed by atoms with Gasteiger partial charge in [0.2, 0.25) is 0 Å². The normalized spacial score (nSPS) is 20.3. The van der Waals surface area contributed by atoms with Gasteiger partial charge in [0.05, 0.1) is 39.1 Å². The maximum atomic E-state index is 12.4. The molecule has 0 radical (unpaired) electrons. The van der Waals surface area contributed by atoms with Crippen molar-refractivity contribution in [2.75, 3.05) is 6.54 Å². The summed E-state index contributed by atoms with van der Waals surface area (Å²) in [6.45, 7) is 0.751. The Morgan fingerprint density at radius 3 is 2.74 bits per heavy atom. The van der Waals surface area contributed by atoms with Gasteiger partial charge in [0.25, 0.3) is 0 Å². The van der Waals surface area contributed by atoms with Gasteiger partial charge in [-0.2, -0.15) is 0 Å². The molecule has 0 fully saturated rings. The molecule has 5 atom stereocenters. The summed E-state index contributed by atoms with van der Waals surface area (Å²) in [6, 6.07) is 0. The minimum Gasteiger partial charge on any atom is -0.388 e. The van der Waals surface area contributed by atoms with Crippen LogP contribution in [0.4, 0.5) is 0 Å². The van der Waals surface area contributed by atoms with Crippen LogP contribution in [-0.4, -0.2) is 65.4 Å². The van der Waals surface area contributed by atoms with Crippen molar-refractivity contribution < 1.29 is 34.3 Å². The van der Waals surface area contributed by atoms with Crippen LogP contribution < -0.4 is 5.73 Å². The van der Waals surface area contributed by atoms with Gasteiger partial charge >= 0.3 is 0 Å². The van der Waals surface area contributed by atoms with Gasteiger partial charge in [-0.25, -0.2) is 4.98 Å². The maximum absolute atomic E-state index is 12.4. The number of allylic oxidation sites excluding steroid dienone is 3. The van der Waals surface area contributed by atoms with E-state index in [1.807, 2.05) is 0 Å². The third-order valence-electron chi connectivity index (χ3n) is 3.67. The minimum atomic E-state index is -2.51. The summed E-state index contributed by atoms with van der Waals surface area (Å²) in [7, 11) is -3.39. The highest BCUT2D eigenvalue weighted by atomic mass is 31.2. The van der Waals surface area contributed by atoms with E-state index in [2.05, 4.69) is 4.98 Å². The second kappa shape index (κ2) is 9.23. The lowest BCUT2D eigenvalue weighted by Crippen LogP contribution is -2.31. The second-order valence-corrected chi connectivity index (χ2v) is 9.34. The Kier molecular flexibility index (Phi) is 7.50. The van der Waals surface area contributed by atoms with Crippen LogP contribution in [0, 0.1) is 0 Å². The van der Waals surface area contributed by atoms with Crippen molar-refractivity contribution in [3.8, 4) is 0 Å². The number of nitrogens with zero attached hydrogens (tertiary/aromatic N) is 2. The molecule has 148 valence electrons. The van der Waals surface area contributed by atoms with Crippen molar-refractivity contribution in [2.24, 2.45) is 5.73 Å². The molecule has 1 aromatic heterocycles. The molecule has 1 aliphatic rings. The zero-order valence-corrected chi connectivity index (χ0v) is 16.3. The van der Waals surface area contributed by atoms with Gasteiger partial charge in [-0.15, -0.1) is 0 Å². The number of aromatic nitrogens is 2. The Morgan fingerprint density at radius 1 is 1.48 bits per heavy atom. The number of hydrogen-bond acceptors (Lipinski definition) is 9. The molecule has 3 unspecified atom stereocenters. The number of aliphatic hydroxyl groups excluding tert-OH is 2. The monoisotopic (exact) mass is 417 g/mol. The summed E-state index contributed by atoms with van der Waals surface area (Å²) in [4.78, 5) is 38.7. The minimum absolute atomic E-state index is 0.132. The number of rotatable bonds is 10. The van der Waals surface area contributed by atoms with Crippen molar-refractivity contribution >= 4 is 28.5 Å². The van der Waals surface area contributed by atoms with Gasteiger partial charge in [0.1, 0.15) is 14.3 Å². The highest BCUT2D eigenvalue weighted by molar-refractivity contribution is 7.68. The molecule has 0 spiro atoms. The molecule has 1 aromatic rings. The Balaban J connectivity index is 2.22. The van der Waals surface area contributed by atoms with Crippen molar-refractivity contribution in [1.29, 1.82) is 0 Å². The second-order valence-electron chi connectivity index (χ2n) is 5.80. The summed E-state index contributed by atoms with van der Waals surface area (Å²) in [5.41, 5.74) is 5.11. The summed E-state index contributed by atoms with van der Waals surface area (Å²) in [5, 5.41) is 27.9. The molecule has 0 bridgehead atoms. The fourth-order valence-corrected chi connectivity index (χ4v) is 5.02. The number of hydrogen-bond donors (Lipinski definition) is 5. The Labute approximate surface area is 158 Å². The van der Waals surface area contributed by atoms with Crippen molar-refractivity contribution in [2.45, 2.75) is 30.9 Å². The first-order valence-electron chi connectivity index (χ1n) is 7.85. The lowest BCUT2D eigenvalue weighted by molar-refractivity contribution is -0.118. The van der Waals surface area contributed by atoms with Crippen LogP contribution in [0.5, 0.6) is 0 Å². The highest BCUT2D eigenvalue weighted by Crippen LogP contribution is 2.62. The first-order chi connectivity index (χ1) is 12.7. The fourth-order valence-electron chi connectivity index (χ4n) is 2.18. The quantitative estimate of drug-likeness (QED) is 0.185. The predicted octanol–water partition coefficient (Wildman–Crippen LogP) is -0.852. The van der Waals surface area contributed by atoms with Gasteiger partial charge in [-0.05, 0) is 19.1 Å². The van der Waals surface area contributed by atoms with Gasteiger partial charge in [0.15, 0.2) is 22.9 Å².